The third-order valence-corrected chi connectivity index (χ3v) is 5.42. The number of hydrogen-bond donors (Lipinski definition) is 2. The van der Waals surface area contributed by atoms with Crippen molar-refractivity contribution in [2.75, 3.05) is 44.2 Å². The fourth-order valence-corrected chi connectivity index (χ4v) is 3.65. The van der Waals surface area contributed by atoms with Crippen LogP contribution in [0.3, 0.4) is 0 Å². The Morgan fingerprint density at radius 3 is 2.30 bits per heavy atom. The van der Waals surface area contributed by atoms with Gasteiger partial charge in [-0.1, -0.05) is 32.0 Å². The highest BCUT2D eigenvalue weighted by molar-refractivity contribution is 6.35. The van der Waals surface area contributed by atoms with Crippen LogP contribution in [0.25, 0.3) is 0 Å². The molecule has 1 aliphatic rings. The van der Waals surface area contributed by atoms with Crippen LogP contribution in [-0.4, -0.2) is 56.0 Å². The second-order valence-corrected chi connectivity index (χ2v) is 8.04. The number of anilines is 1. The molecule has 1 aromatic carbocycles. The molecule has 0 unspecified atom stereocenters. The van der Waals surface area contributed by atoms with Gasteiger partial charge in [-0.05, 0) is 36.6 Å². The van der Waals surface area contributed by atoms with E-state index in [1.165, 1.54) is 5.69 Å². The van der Waals surface area contributed by atoms with E-state index in [9.17, 15) is 9.59 Å². The molecule has 2 N–H and O–H groups in total. The second kappa shape index (κ2) is 10.8. The zero-order valence-corrected chi connectivity index (χ0v) is 17.8. The van der Waals surface area contributed by atoms with Gasteiger partial charge in [0.05, 0.1) is 12.3 Å². The Morgan fingerprint density at radius 2 is 1.67 bits per heavy atom. The van der Waals surface area contributed by atoms with Crippen LogP contribution in [-0.2, 0) is 9.59 Å². The highest BCUT2D eigenvalue weighted by Crippen LogP contribution is 2.24. The lowest BCUT2D eigenvalue weighted by Gasteiger charge is -2.39. The monoisotopic (exact) mass is 412 g/mol. The van der Waals surface area contributed by atoms with Gasteiger partial charge in [-0.3, -0.25) is 14.5 Å². The Kier molecular flexibility index (Phi) is 7.90. The van der Waals surface area contributed by atoms with E-state index in [1.54, 1.807) is 6.26 Å². The van der Waals surface area contributed by atoms with Gasteiger partial charge in [-0.25, -0.2) is 0 Å². The van der Waals surface area contributed by atoms with Gasteiger partial charge in [-0.15, -0.1) is 0 Å². The van der Waals surface area contributed by atoms with Crippen LogP contribution in [0.4, 0.5) is 5.69 Å². The van der Waals surface area contributed by atoms with Crippen molar-refractivity contribution < 1.29 is 14.0 Å². The van der Waals surface area contributed by atoms with Gasteiger partial charge >= 0.3 is 11.8 Å². The molecule has 7 heteroatoms. The zero-order chi connectivity index (χ0) is 21.3. The average molecular weight is 413 g/mol. The molecule has 7 nitrogen and oxygen atoms in total. The fourth-order valence-electron chi connectivity index (χ4n) is 3.65. The van der Waals surface area contributed by atoms with E-state index in [-0.39, 0.29) is 6.04 Å². The number of furan rings is 1. The van der Waals surface area contributed by atoms with E-state index in [1.807, 2.05) is 18.2 Å². The number of nitrogens with one attached hydrogen (secondary N) is 2. The van der Waals surface area contributed by atoms with E-state index in [0.717, 1.165) is 38.4 Å². The summed E-state index contributed by atoms with van der Waals surface area (Å²) in [5, 5.41) is 5.46. The zero-order valence-electron chi connectivity index (χ0n) is 17.8. The van der Waals surface area contributed by atoms with E-state index in [4.69, 9.17) is 4.42 Å². The normalized spacial score (nSPS) is 15.8. The van der Waals surface area contributed by atoms with Gasteiger partial charge in [0, 0.05) is 45.0 Å². The molecule has 0 aliphatic carbocycles. The van der Waals surface area contributed by atoms with Gasteiger partial charge in [0.1, 0.15) is 5.76 Å². The number of nitrogens with zero attached hydrogens (tertiary/aromatic N) is 2. The molecule has 1 fully saturated rings. The maximum Gasteiger partial charge on any atom is 0.309 e. The van der Waals surface area contributed by atoms with E-state index < -0.39 is 11.8 Å². The van der Waals surface area contributed by atoms with Gasteiger partial charge in [0.15, 0.2) is 0 Å². The Hall–Kier alpha value is -2.80. The summed E-state index contributed by atoms with van der Waals surface area (Å²) in [4.78, 5) is 28.9. The van der Waals surface area contributed by atoms with Crippen molar-refractivity contribution in [3.05, 3.63) is 54.5 Å². The van der Waals surface area contributed by atoms with Crippen molar-refractivity contribution >= 4 is 17.5 Å². The molecule has 30 heavy (non-hydrogen) atoms. The van der Waals surface area contributed by atoms with Gasteiger partial charge < -0.3 is 20.0 Å². The molecule has 1 aliphatic heterocycles. The van der Waals surface area contributed by atoms with Crippen LogP contribution in [0, 0.1) is 5.92 Å². The van der Waals surface area contributed by atoms with Crippen LogP contribution in [0.1, 0.15) is 32.1 Å². The summed E-state index contributed by atoms with van der Waals surface area (Å²) in [6.45, 7) is 8.47. The summed E-state index contributed by atoms with van der Waals surface area (Å²) in [6, 6.07) is 14.0. The number of amides is 2. The Balaban J connectivity index is 1.54. The fraction of sp³-hybridized carbons (Fsp3) is 0.478. The van der Waals surface area contributed by atoms with Gasteiger partial charge in [0.2, 0.25) is 0 Å². The number of benzene rings is 1. The first-order valence-corrected chi connectivity index (χ1v) is 10.7. The summed E-state index contributed by atoms with van der Waals surface area (Å²) in [5.74, 6) is 0.0934. The minimum Gasteiger partial charge on any atom is -0.468 e. The number of hydrogen-bond acceptors (Lipinski definition) is 5. The Bertz CT molecular complexity index is 784. The highest BCUT2D eigenvalue weighted by atomic mass is 16.3. The summed E-state index contributed by atoms with van der Waals surface area (Å²) in [5.41, 5.74) is 1.22. The van der Waals surface area contributed by atoms with Crippen molar-refractivity contribution in [1.29, 1.82) is 0 Å². The first-order valence-electron chi connectivity index (χ1n) is 10.7. The van der Waals surface area contributed by atoms with Crippen molar-refractivity contribution in [2.45, 2.75) is 26.3 Å². The molecule has 2 aromatic rings. The predicted octanol–water partition coefficient (Wildman–Crippen LogP) is 2.42. The van der Waals surface area contributed by atoms with E-state index in [2.05, 4.69) is 58.5 Å². The average Bonchev–Trinajstić information content (AvgIpc) is 3.29. The minimum absolute atomic E-state index is 0.106. The molecule has 2 heterocycles. The van der Waals surface area contributed by atoms with Crippen LogP contribution < -0.4 is 15.5 Å². The molecule has 3 rings (SSSR count). The molecule has 0 saturated carbocycles. The van der Waals surface area contributed by atoms with E-state index >= 15 is 0 Å². The van der Waals surface area contributed by atoms with Crippen molar-refractivity contribution in [1.82, 2.24) is 15.5 Å². The van der Waals surface area contributed by atoms with Crippen LogP contribution in [0.15, 0.2) is 53.1 Å². The summed E-state index contributed by atoms with van der Waals surface area (Å²) in [6.07, 6.45) is 2.49. The number of piperazine rings is 1. The molecular weight excluding hydrogens is 380 g/mol. The third kappa shape index (κ3) is 6.10. The Labute approximate surface area is 178 Å². The number of carbonyl (C=O) groups excluding carboxylic acids is 2. The van der Waals surface area contributed by atoms with Gasteiger partial charge in [-0.2, -0.15) is 0 Å². The third-order valence-electron chi connectivity index (χ3n) is 5.42. The Morgan fingerprint density at radius 1 is 0.967 bits per heavy atom. The van der Waals surface area contributed by atoms with Crippen molar-refractivity contribution in [3.63, 3.8) is 0 Å². The van der Waals surface area contributed by atoms with Crippen molar-refractivity contribution in [3.8, 4) is 0 Å². The first-order chi connectivity index (χ1) is 14.5. The maximum absolute atomic E-state index is 12.2. The molecule has 0 spiro atoms. The van der Waals surface area contributed by atoms with Crippen molar-refractivity contribution in [2.24, 2.45) is 5.92 Å². The molecule has 0 bridgehead atoms. The number of rotatable bonds is 8. The van der Waals surface area contributed by atoms with Crippen LogP contribution >= 0.6 is 0 Å². The highest BCUT2D eigenvalue weighted by Gasteiger charge is 2.28. The molecule has 2 amide bonds. The minimum atomic E-state index is -0.599. The summed E-state index contributed by atoms with van der Waals surface area (Å²) >= 11 is 0. The molecule has 0 radical (unpaired) electrons. The lowest BCUT2D eigenvalue weighted by molar-refractivity contribution is -0.139. The first kappa shape index (κ1) is 21.9. The molecule has 162 valence electrons. The SMILES string of the molecule is CC(C)CCNC(=O)C(=O)NC[C@@H](c1ccco1)N1CCN(c2ccccc2)CC1. The summed E-state index contributed by atoms with van der Waals surface area (Å²) in [7, 11) is 0. The number of carbonyl (C=O) groups is 2. The maximum atomic E-state index is 12.2. The molecule has 1 aromatic heterocycles. The van der Waals surface area contributed by atoms with E-state index in [0.29, 0.717) is 19.0 Å². The quantitative estimate of drug-likeness (QED) is 0.651. The van der Waals surface area contributed by atoms with Gasteiger partial charge in [0.25, 0.3) is 0 Å². The second-order valence-electron chi connectivity index (χ2n) is 8.04. The lowest BCUT2D eigenvalue weighted by Crippen LogP contribution is -2.50. The largest absolute Gasteiger partial charge is 0.468 e. The van der Waals surface area contributed by atoms with Crippen LogP contribution in [0.2, 0.25) is 0 Å². The standard InChI is InChI=1S/C23H32N4O3/c1-18(2)10-11-24-22(28)23(29)25-17-20(21-9-6-16-30-21)27-14-12-26(13-15-27)19-7-4-3-5-8-19/h3-9,16,18,20H,10-15,17H2,1-2H3,(H,24,28)(H,25,29)/t20-/m0/s1. The molecule has 1 atom stereocenters. The van der Waals surface area contributed by atoms with Crippen LogP contribution in [0.5, 0.6) is 0 Å². The molecule has 1 saturated heterocycles. The predicted molar refractivity (Wildman–Crippen MR) is 117 cm³/mol. The lowest BCUT2D eigenvalue weighted by atomic mass is 10.1. The topological polar surface area (TPSA) is 77.8 Å². The molecular formula is C23H32N4O3. The summed E-state index contributed by atoms with van der Waals surface area (Å²) < 4.78 is 5.64. The number of para-hydroxylation sites is 1. The smallest absolute Gasteiger partial charge is 0.309 e.